The Bertz CT molecular complexity index is 435. The maximum atomic E-state index is 10.1. The third-order valence-electron chi connectivity index (χ3n) is 4.57. The van der Waals surface area contributed by atoms with Gasteiger partial charge in [0, 0.05) is 22.1 Å². The van der Waals surface area contributed by atoms with Crippen molar-refractivity contribution in [3.05, 3.63) is 28.2 Å². The van der Waals surface area contributed by atoms with Crippen molar-refractivity contribution >= 4 is 15.9 Å². The Labute approximate surface area is 131 Å². The third kappa shape index (κ3) is 3.98. The molecule has 0 aromatic heterocycles. The number of rotatable bonds is 5. The summed E-state index contributed by atoms with van der Waals surface area (Å²) in [5.41, 5.74) is 1.01. The lowest BCUT2D eigenvalue weighted by Crippen LogP contribution is -2.36. The summed E-state index contributed by atoms with van der Waals surface area (Å²) < 4.78 is 1.03. The number of hydrogen-bond donors (Lipinski definition) is 2. The molecule has 3 heteroatoms. The van der Waals surface area contributed by atoms with Crippen molar-refractivity contribution in [2.24, 2.45) is 5.92 Å². The zero-order valence-electron chi connectivity index (χ0n) is 12.5. The molecular formula is C17H26BrNO. The van der Waals surface area contributed by atoms with E-state index in [1.807, 2.05) is 12.1 Å². The van der Waals surface area contributed by atoms with E-state index in [9.17, 15) is 5.11 Å². The number of phenols is 1. The molecule has 0 radical (unpaired) electrons. The molecule has 1 aliphatic rings. The second-order valence-electron chi connectivity index (χ2n) is 5.97. The molecule has 1 fully saturated rings. The summed E-state index contributed by atoms with van der Waals surface area (Å²) in [7, 11) is 0. The molecular weight excluding hydrogens is 314 g/mol. The molecule has 0 amide bonds. The fourth-order valence-electron chi connectivity index (χ4n) is 3.33. The van der Waals surface area contributed by atoms with E-state index in [-0.39, 0.29) is 6.04 Å². The number of phenolic OH excluding ortho intramolecular Hbond substituents is 1. The topological polar surface area (TPSA) is 32.3 Å². The summed E-state index contributed by atoms with van der Waals surface area (Å²) in [6.07, 6.45) is 7.54. The smallest absolute Gasteiger partial charge is 0.120 e. The van der Waals surface area contributed by atoms with Crippen molar-refractivity contribution in [1.29, 1.82) is 0 Å². The summed E-state index contributed by atoms with van der Waals surface area (Å²) in [5, 5.41) is 13.9. The van der Waals surface area contributed by atoms with Gasteiger partial charge in [-0.05, 0) is 43.4 Å². The molecule has 20 heavy (non-hydrogen) atoms. The number of hydrogen-bond acceptors (Lipinski definition) is 2. The van der Waals surface area contributed by atoms with Crippen LogP contribution in [-0.4, -0.2) is 11.1 Å². The Balaban J connectivity index is 2.06. The van der Waals surface area contributed by atoms with Gasteiger partial charge in [0.15, 0.2) is 0 Å². The van der Waals surface area contributed by atoms with E-state index in [0.717, 1.165) is 22.4 Å². The Morgan fingerprint density at radius 1 is 1.35 bits per heavy atom. The molecule has 2 N–H and O–H groups in total. The van der Waals surface area contributed by atoms with Gasteiger partial charge in [0.1, 0.15) is 5.75 Å². The Morgan fingerprint density at radius 3 is 2.85 bits per heavy atom. The van der Waals surface area contributed by atoms with E-state index in [4.69, 9.17) is 0 Å². The minimum Gasteiger partial charge on any atom is -0.508 e. The van der Waals surface area contributed by atoms with Crippen LogP contribution < -0.4 is 5.32 Å². The van der Waals surface area contributed by atoms with E-state index in [2.05, 4.69) is 35.1 Å². The molecule has 0 bridgehead atoms. The highest BCUT2D eigenvalue weighted by Gasteiger charge is 2.24. The van der Waals surface area contributed by atoms with Crippen molar-refractivity contribution in [3.63, 3.8) is 0 Å². The van der Waals surface area contributed by atoms with Gasteiger partial charge in [0.2, 0.25) is 0 Å². The molecule has 0 heterocycles. The second-order valence-corrected chi connectivity index (χ2v) is 6.88. The summed E-state index contributed by atoms with van der Waals surface area (Å²) in [5.74, 6) is 1.27. The van der Waals surface area contributed by atoms with Crippen LogP contribution in [0, 0.1) is 5.92 Å². The van der Waals surface area contributed by atoms with Gasteiger partial charge in [-0.1, -0.05) is 49.0 Å². The molecule has 3 unspecified atom stereocenters. The van der Waals surface area contributed by atoms with Gasteiger partial charge < -0.3 is 10.4 Å². The normalized spacial score (nSPS) is 24.6. The van der Waals surface area contributed by atoms with E-state index in [0.29, 0.717) is 11.8 Å². The lowest BCUT2D eigenvalue weighted by molar-refractivity contribution is 0.258. The van der Waals surface area contributed by atoms with Crippen LogP contribution in [0.1, 0.15) is 64.0 Å². The number of nitrogens with one attached hydrogen (secondary N) is 1. The molecule has 2 rings (SSSR count). The first kappa shape index (κ1) is 15.8. The van der Waals surface area contributed by atoms with Crippen molar-refractivity contribution in [3.8, 4) is 5.75 Å². The van der Waals surface area contributed by atoms with E-state index >= 15 is 0 Å². The standard InChI is InChI=1S/C17H26BrNO/c1-3-12-6-5-7-14(10-12)19-16(4-2)15-11-13(18)8-9-17(15)20/h8-9,11-12,14,16,19-20H,3-7,10H2,1-2H3. The van der Waals surface area contributed by atoms with Crippen LogP contribution in [-0.2, 0) is 0 Å². The van der Waals surface area contributed by atoms with Crippen molar-refractivity contribution < 1.29 is 5.11 Å². The lowest BCUT2D eigenvalue weighted by atomic mass is 9.83. The molecule has 3 atom stereocenters. The quantitative estimate of drug-likeness (QED) is 0.775. The number of aromatic hydroxyl groups is 1. The monoisotopic (exact) mass is 339 g/mol. The van der Waals surface area contributed by atoms with Gasteiger partial charge in [-0.15, -0.1) is 0 Å². The Morgan fingerprint density at radius 2 is 2.15 bits per heavy atom. The molecule has 112 valence electrons. The highest BCUT2D eigenvalue weighted by molar-refractivity contribution is 9.10. The molecule has 1 aromatic carbocycles. The van der Waals surface area contributed by atoms with Crippen LogP contribution in [0.25, 0.3) is 0 Å². The first-order chi connectivity index (χ1) is 9.63. The minimum atomic E-state index is 0.244. The van der Waals surface area contributed by atoms with Gasteiger partial charge >= 0.3 is 0 Å². The Kier molecular flexibility index (Phi) is 5.91. The minimum absolute atomic E-state index is 0.244. The van der Waals surface area contributed by atoms with Crippen LogP contribution >= 0.6 is 15.9 Å². The summed E-state index contributed by atoms with van der Waals surface area (Å²) in [6, 6.07) is 6.54. The van der Waals surface area contributed by atoms with E-state index in [1.165, 1.54) is 32.1 Å². The largest absolute Gasteiger partial charge is 0.508 e. The van der Waals surface area contributed by atoms with Crippen LogP contribution in [0.4, 0.5) is 0 Å². The summed E-state index contributed by atoms with van der Waals surface area (Å²) in [4.78, 5) is 0. The SMILES string of the molecule is CCC1CCCC(NC(CC)c2cc(Br)ccc2O)C1. The van der Waals surface area contributed by atoms with Gasteiger partial charge in [-0.25, -0.2) is 0 Å². The van der Waals surface area contributed by atoms with Crippen molar-refractivity contribution in [2.75, 3.05) is 0 Å². The average Bonchev–Trinajstić information content (AvgIpc) is 2.47. The van der Waals surface area contributed by atoms with Gasteiger partial charge in [0.25, 0.3) is 0 Å². The number of benzene rings is 1. The van der Waals surface area contributed by atoms with Crippen LogP contribution in [0.15, 0.2) is 22.7 Å². The fourth-order valence-corrected chi connectivity index (χ4v) is 3.71. The van der Waals surface area contributed by atoms with Gasteiger partial charge in [-0.3, -0.25) is 0 Å². The van der Waals surface area contributed by atoms with E-state index in [1.54, 1.807) is 6.07 Å². The highest BCUT2D eigenvalue weighted by atomic mass is 79.9. The molecule has 1 aromatic rings. The molecule has 0 spiro atoms. The first-order valence-corrected chi connectivity index (χ1v) is 8.67. The predicted octanol–water partition coefficient (Wildman–Crippen LogP) is 5.16. The van der Waals surface area contributed by atoms with Gasteiger partial charge in [0.05, 0.1) is 0 Å². The third-order valence-corrected chi connectivity index (χ3v) is 5.06. The van der Waals surface area contributed by atoms with E-state index < -0.39 is 0 Å². The molecule has 0 aliphatic heterocycles. The molecule has 1 aliphatic carbocycles. The average molecular weight is 340 g/mol. The summed E-state index contributed by atoms with van der Waals surface area (Å²) in [6.45, 7) is 4.47. The highest BCUT2D eigenvalue weighted by Crippen LogP contribution is 2.32. The molecule has 0 saturated heterocycles. The first-order valence-electron chi connectivity index (χ1n) is 7.88. The fraction of sp³-hybridized carbons (Fsp3) is 0.647. The van der Waals surface area contributed by atoms with Crippen molar-refractivity contribution in [2.45, 2.75) is 64.5 Å². The van der Waals surface area contributed by atoms with Gasteiger partial charge in [-0.2, -0.15) is 0 Å². The summed E-state index contributed by atoms with van der Waals surface area (Å²) >= 11 is 3.50. The Hall–Kier alpha value is -0.540. The molecule has 2 nitrogen and oxygen atoms in total. The van der Waals surface area contributed by atoms with Crippen LogP contribution in [0.3, 0.4) is 0 Å². The predicted molar refractivity (Wildman–Crippen MR) is 88.0 cm³/mol. The molecule has 1 saturated carbocycles. The zero-order valence-corrected chi connectivity index (χ0v) is 14.1. The lowest BCUT2D eigenvalue weighted by Gasteiger charge is -2.32. The number of halogens is 1. The van der Waals surface area contributed by atoms with Crippen molar-refractivity contribution in [1.82, 2.24) is 5.32 Å². The maximum absolute atomic E-state index is 10.1. The maximum Gasteiger partial charge on any atom is 0.120 e. The van der Waals surface area contributed by atoms with Crippen LogP contribution in [0.2, 0.25) is 0 Å². The zero-order chi connectivity index (χ0) is 14.5. The second kappa shape index (κ2) is 7.46. The van der Waals surface area contributed by atoms with Crippen LogP contribution in [0.5, 0.6) is 5.75 Å².